The van der Waals surface area contributed by atoms with Gasteiger partial charge in [0.1, 0.15) is 0 Å². The van der Waals surface area contributed by atoms with E-state index in [1.165, 1.54) is 12.8 Å². The van der Waals surface area contributed by atoms with E-state index in [0.717, 1.165) is 0 Å². The SMILES string of the molecule is CC#CCNC(=O)C(C)C1CC1. The van der Waals surface area contributed by atoms with Crippen LogP contribution in [0.15, 0.2) is 0 Å². The van der Waals surface area contributed by atoms with Crippen LogP contribution < -0.4 is 5.32 Å². The highest BCUT2D eigenvalue weighted by Crippen LogP contribution is 2.36. The van der Waals surface area contributed by atoms with Crippen LogP contribution in [-0.4, -0.2) is 12.5 Å². The van der Waals surface area contributed by atoms with Gasteiger partial charge in [-0.25, -0.2) is 0 Å². The monoisotopic (exact) mass is 165 g/mol. The van der Waals surface area contributed by atoms with Gasteiger partial charge in [0.15, 0.2) is 0 Å². The van der Waals surface area contributed by atoms with Gasteiger partial charge in [0, 0.05) is 5.92 Å². The molecule has 2 heteroatoms. The lowest BCUT2D eigenvalue weighted by Crippen LogP contribution is -2.30. The second-order valence-electron chi connectivity index (χ2n) is 3.27. The molecule has 0 heterocycles. The van der Waals surface area contributed by atoms with E-state index in [4.69, 9.17) is 0 Å². The Morgan fingerprint density at radius 3 is 2.83 bits per heavy atom. The van der Waals surface area contributed by atoms with Gasteiger partial charge in [-0.1, -0.05) is 12.8 Å². The Morgan fingerprint density at radius 1 is 1.67 bits per heavy atom. The van der Waals surface area contributed by atoms with E-state index in [2.05, 4.69) is 17.2 Å². The molecular formula is C10H15NO. The molecule has 1 atom stereocenters. The van der Waals surface area contributed by atoms with Gasteiger partial charge in [0.05, 0.1) is 6.54 Å². The Morgan fingerprint density at radius 2 is 2.33 bits per heavy atom. The predicted octanol–water partition coefficient (Wildman–Crippen LogP) is 1.17. The Labute approximate surface area is 73.7 Å². The van der Waals surface area contributed by atoms with Gasteiger partial charge in [0.2, 0.25) is 5.91 Å². The van der Waals surface area contributed by atoms with E-state index in [-0.39, 0.29) is 11.8 Å². The first-order chi connectivity index (χ1) is 5.75. The molecule has 12 heavy (non-hydrogen) atoms. The van der Waals surface area contributed by atoms with Gasteiger partial charge < -0.3 is 5.32 Å². The smallest absolute Gasteiger partial charge is 0.223 e. The van der Waals surface area contributed by atoms with Crippen molar-refractivity contribution in [2.75, 3.05) is 6.54 Å². The standard InChI is InChI=1S/C10H15NO/c1-3-4-7-11-10(12)8(2)9-5-6-9/h8-9H,5-7H2,1-2H3,(H,11,12). The fourth-order valence-corrected chi connectivity index (χ4v) is 1.19. The van der Waals surface area contributed by atoms with Crippen LogP contribution in [0.3, 0.4) is 0 Å². The number of rotatable bonds is 3. The van der Waals surface area contributed by atoms with E-state index in [0.29, 0.717) is 12.5 Å². The molecule has 0 aliphatic heterocycles. The number of hydrogen-bond donors (Lipinski definition) is 1. The third-order valence-corrected chi connectivity index (χ3v) is 2.27. The van der Waals surface area contributed by atoms with Gasteiger partial charge in [-0.05, 0) is 25.7 Å². The van der Waals surface area contributed by atoms with Crippen LogP contribution in [0.4, 0.5) is 0 Å². The molecule has 1 aliphatic rings. The average Bonchev–Trinajstić information content (AvgIpc) is 2.86. The normalized spacial score (nSPS) is 17.5. The molecule has 0 radical (unpaired) electrons. The van der Waals surface area contributed by atoms with Crippen molar-refractivity contribution in [2.24, 2.45) is 11.8 Å². The van der Waals surface area contributed by atoms with Crippen LogP contribution in [0, 0.1) is 23.7 Å². The van der Waals surface area contributed by atoms with Crippen LogP contribution in [0.25, 0.3) is 0 Å². The van der Waals surface area contributed by atoms with E-state index < -0.39 is 0 Å². The molecular weight excluding hydrogens is 150 g/mol. The van der Waals surface area contributed by atoms with E-state index in [1.807, 2.05) is 6.92 Å². The molecule has 2 nitrogen and oxygen atoms in total. The first-order valence-electron chi connectivity index (χ1n) is 4.43. The maximum atomic E-state index is 11.3. The fourth-order valence-electron chi connectivity index (χ4n) is 1.19. The number of carbonyl (C=O) groups excluding carboxylic acids is 1. The molecule has 1 N–H and O–H groups in total. The molecule has 1 fully saturated rings. The molecule has 1 saturated carbocycles. The molecule has 1 amide bonds. The molecule has 0 aromatic heterocycles. The van der Waals surface area contributed by atoms with Gasteiger partial charge in [-0.15, -0.1) is 5.92 Å². The van der Waals surface area contributed by atoms with Crippen LogP contribution in [0.1, 0.15) is 26.7 Å². The summed E-state index contributed by atoms with van der Waals surface area (Å²) >= 11 is 0. The fraction of sp³-hybridized carbons (Fsp3) is 0.700. The van der Waals surface area contributed by atoms with E-state index in [9.17, 15) is 4.79 Å². The molecule has 66 valence electrons. The lowest BCUT2D eigenvalue weighted by molar-refractivity contribution is -0.124. The minimum Gasteiger partial charge on any atom is -0.345 e. The van der Waals surface area contributed by atoms with Crippen molar-refractivity contribution in [3.63, 3.8) is 0 Å². The highest BCUT2D eigenvalue weighted by molar-refractivity contribution is 5.79. The molecule has 1 aliphatic carbocycles. The summed E-state index contributed by atoms with van der Waals surface area (Å²) in [6.07, 6.45) is 2.43. The average molecular weight is 165 g/mol. The lowest BCUT2D eigenvalue weighted by Gasteiger charge is -2.07. The molecule has 0 saturated heterocycles. The highest BCUT2D eigenvalue weighted by Gasteiger charge is 2.32. The molecule has 0 bridgehead atoms. The van der Waals surface area contributed by atoms with Gasteiger partial charge in [-0.2, -0.15) is 0 Å². The zero-order chi connectivity index (χ0) is 8.97. The number of nitrogens with one attached hydrogen (secondary N) is 1. The maximum absolute atomic E-state index is 11.3. The van der Waals surface area contributed by atoms with Crippen LogP contribution in [0.5, 0.6) is 0 Å². The van der Waals surface area contributed by atoms with E-state index >= 15 is 0 Å². The summed E-state index contributed by atoms with van der Waals surface area (Å²) < 4.78 is 0. The summed E-state index contributed by atoms with van der Waals surface area (Å²) in [6, 6.07) is 0. The van der Waals surface area contributed by atoms with Crippen molar-refractivity contribution in [2.45, 2.75) is 26.7 Å². The number of amides is 1. The first kappa shape index (κ1) is 9.12. The second-order valence-corrected chi connectivity index (χ2v) is 3.27. The minimum absolute atomic E-state index is 0.153. The molecule has 0 spiro atoms. The first-order valence-corrected chi connectivity index (χ1v) is 4.43. The van der Waals surface area contributed by atoms with Crippen molar-refractivity contribution >= 4 is 5.91 Å². The molecule has 0 aromatic rings. The third kappa shape index (κ3) is 2.58. The van der Waals surface area contributed by atoms with Crippen molar-refractivity contribution in [3.05, 3.63) is 0 Å². The number of carbonyl (C=O) groups is 1. The second kappa shape index (κ2) is 4.15. The zero-order valence-corrected chi connectivity index (χ0v) is 7.68. The lowest BCUT2D eigenvalue weighted by atomic mass is 10.1. The minimum atomic E-state index is 0.153. The largest absolute Gasteiger partial charge is 0.345 e. The van der Waals surface area contributed by atoms with E-state index in [1.54, 1.807) is 6.92 Å². The summed E-state index contributed by atoms with van der Waals surface area (Å²) in [6.45, 7) is 4.26. The Bertz CT molecular complexity index is 220. The van der Waals surface area contributed by atoms with Crippen LogP contribution in [-0.2, 0) is 4.79 Å². The Kier molecular flexibility index (Phi) is 3.16. The van der Waals surface area contributed by atoms with Gasteiger partial charge in [-0.3, -0.25) is 4.79 Å². The van der Waals surface area contributed by atoms with Crippen LogP contribution in [0.2, 0.25) is 0 Å². The molecule has 0 aromatic carbocycles. The number of hydrogen-bond acceptors (Lipinski definition) is 1. The summed E-state index contributed by atoms with van der Waals surface area (Å²) in [7, 11) is 0. The molecule has 1 rings (SSSR count). The third-order valence-electron chi connectivity index (χ3n) is 2.27. The van der Waals surface area contributed by atoms with Gasteiger partial charge >= 0.3 is 0 Å². The Hall–Kier alpha value is -0.970. The summed E-state index contributed by atoms with van der Waals surface area (Å²) in [4.78, 5) is 11.3. The Balaban J connectivity index is 2.20. The van der Waals surface area contributed by atoms with Crippen molar-refractivity contribution in [3.8, 4) is 11.8 Å². The zero-order valence-electron chi connectivity index (χ0n) is 7.68. The predicted molar refractivity (Wildman–Crippen MR) is 48.3 cm³/mol. The summed E-state index contributed by atoms with van der Waals surface area (Å²) in [5, 5.41) is 2.79. The van der Waals surface area contributed by atoms with Crippen LogP contribution >= 0.6 is 0 Å². The van der Waals surface area contributed by atoms with Crippen molar-refractivity contribution < 1.29 is 4.79 Å². The molecule has 1 unspecified atom stereocenters. The van der Waals surface area contributed by atoms with Crippen molar-refractivity contribution in [1.29, 1.82) is 0 Å². The quantitative estimate of drug-likeness (QED) is 0.625. The highest BCUT2D eigenvalue weighted by atomic mass is 16.1. The summed E-state index contributed by atoms with van der Waals surface area (Å²) in [5.41, 5.74) is 0. The van der Waals surface area contributed by atoms with Crippen molar-refractivity contribution in [1.82, 2.24) is 5.32 Å². The van der Waals surface area contributed by atoms with Gasteiger partial charge in [0.25, 0.3) is 0 Å². The topological polar surface area (TPSA) is 29.1 Å². The summed E-state index contributed by atoms with van der Waals surface area (Å²) in [5.74, 6) is 6.53. The maximum Gasteiger partial charge on any atom is 0.223 e.